The standard InChI is InChI=1S/C8H16O2S/c1-7(9)11-6-8-2-4-10-5-3-8/h8-9,11H,2-6H2,1H3. The molecule has 0 aromatic rings. The molecule has 1 rings (SSSR count). The Morgan fingerprint density at radius 3 is 2.73 bits per heavy atom. The Hall–Kier alpha value is 0.140. The van der Waals surface area contributed by atoms with Crippen molar-refractivity contribution in [3.63, 3.8) is 0 Å². The molecule has 0 unspecified atom stereocenters. The first-order chi connectivity index (χ1) is 5.29. The molecule has 1 aliphatic heterocycles. The molecule has 1 aliphatic rings. The highest BCUT2D eigenvalue weighted by atomic mass is 32.1. The fourth-order valence-corrected chi connectivity index (χ4v) is 2.08. The van der Waals surface area contributed by atoms with E-state index in [2.05, 4.69) is 0 Å². The van der Waals surface area contributed by atoms with Crippen molar-refractivity contribution in [1.82, 2.24) is 0 Å². The molecule has 0 amide bonds. The zero-order valence-electron chi connectivity index (χ0n) is 6.92. The molecule has 3 heteroatoms. The van der Waals surface area contributed by atoms with Gasteiger partial charge in [-0.1, -0.05) is 0 Å². The molecule has 0 aliphatic carbocycles. The summed E-state index contributed by atoms with van der Waals surface area (Å²) in [6, 6.07) is 0. The Balaban J connectivity index is 2.19. The van der Waals surface area contributed by atoms with E-state index >= 15 is 0 Å². The van der Waals surface area contributed by atoms with E-state index in [9.17, 15) is 0 Å². The fourth-order valence-electron chi connectivity index (χ4n) is 1.19. The monoisotopic (exact) mass is 176 g/mol. The van der Waals surface area contributed by atoms with Crippen LogP contribution in [0.15, 0.2) is 0 Å². The molecule has 1 saturated heterocycles. The van der Waals surface area contributed by atoms with E-state index < -0.39 is 0 Å². The Labute approximate surface area is 71.5 Å². The maximum atomic E-state index is 8.96. The number of aliphatic hydroxyl groups is 1. The summed E-state index contributed by atoms with van der Waals surface area (Å²) in [6.45, 7) is 3.58. The van der Waals surface area contributed by atoms with Crippen molar-refractivity contribution in [2.75, 3.05) is 19.0 Å². The molecule has 0 atom stereocenters. The third-order valence-corrected chi connectivity index (χ3v) is 3.08. The molecule has 0 radical (unpaired) electrons. The highest BCUT2D eigenvalue weighted by molar-refractivity contribution is 7.98. The largest absolute Gasteiger partial charge is 0.381 e. The van der Waals surface area contributed by atoms with Crippen LogP contribution in [0.2, 0.25) is 0 Å². The highest BCUT2D eigenvalue weighted by Gasteiger charge is 2.11. The van der Waals surface area contributed by atoms with Crippen LogP contribution in [0.25, 0.3) is 0 Å². The first-order valence-corrected chi connectivity index (χ1v) is 5.15. The summed E-state index contributed by atoms with van der Waals surface area (Å²) in [4.78, 5) is 0. The van der Waals surface area contributed by atoms with Crippen LogP contribution in [0.3, 0.4) is 0 Å². The van der Waals surface area contributed by atoms with Crippen LogP contribution in [-0.4, -0.2) is 29.1 Å². The molecule has 1 heterocycles. The molecule has 0 aromatic heterocycles. The average molecular weight is 176 g/mol. The summed E-state index contributed by atoms with van der Waals surface area (Å²) < 4.78 is 5.23. The van der Waals surface area contributed by atoms with Gasteiger partial charge in [-0.15, -0.1) is 0 Å². The lowest BCUT2D eigenvalue weighted by molar-refractivity contribution is 0.0728. The van der Waals surface area contributed by atoms with Gasteiger partial charge < -0.3 is 9.84 Å². The molecule has 0 saturated carbocycles. The lowest BCUT2D eigenvalue weighted by atomic mass is 10.0. The first-order valence-electron chi connectivity index (χ1n) is 4.07. The van der Waals surface area contributed by atoms with E-state index in [-0.39, 0.29) is 0 Å². The summed E-state index contributed by atoms with van der Waals surface area (Å²) in [5, 5.41) is 9.49. The van der Waals surface area contributed by atoms with E-state index in [4.69, 9.17) is 9.84 Å². The Bertz CT molecular complexity index is 135. The van der Waals surface area contributed by atoms with Gasteiger partial charge in [0, 0.05) is 13.2 Å². The van der Waals surface area contributed by atoms with Crippen LogP contribution in [-0.2, 0) is 4.74 Å². The molecule has 0 bridgehead atoms. The van der Waals surface area contributed by atoms with Crippen molar-refractivity contribution in [2.24, 2.45) is 5.92 Å². The van der Waals surface area contributed by atoms with Crippen LogP contribution >= 0.6 is 11.4 Å². The van der Waals surface area contributed by atoms with Gasteiger partial charge in [0.2, 0.25) is 0 Å². The quantitative estimate of drug-likeness (QED) is 0.494. The SMILES string of the molecule is CC(O)=[SH]CC1CCOCC1. The second kappa shape index (κ2) is 4.91. The van der Waals surface area contributed by atoms with Gasteiger partial charge in [-0.25, -0.2) is 0 Å². The fraction of sp³-hybridized carbons (Fsp3) is 0.875. The van der Waals surface area contributed by atoms with E-state index in [1.165, 1.54) is 12.8 Å². The van der Waals surface area contributed by atoms with Crippen LogP contribution in [0.5, 0.6) is 0 Å². The van der Waals surface area contributed by atoms with Gasteiger partial charge in [-0.3, -0.25) is 0 Å². The molecule has 0 aromatic carbocycles. The molecule has 1 fully saturated rings. The topological polar surface area (TPSA) is 29.5 Å². The van der Waals surface area contributed by atoms with Gasteiger partial charge in [0.15, 0.2) is 0 Å². The smallest absolute Gasteiger partial charge is 0.0663 e. The number of thiol groups is 1. The van der Waals surface area contributed by atoms with Crippen molar-refractivity contribution in [3.8, 4) is 0 Å². The number of aliphatic hydroxyl groups excluding tert-OH is 1. The molecular weight excluding hydrogens is 160 g/mol. The van der Waals surface area contributed by atoms with Gasteiger partial charge >= 0.3 is 0 Å². The molecule has 0 spiro atoms. The van der Waals surface area contributed by atoms with Crippen molar-refractivity contribution < 1.29 is 9.84 Å². The van der Waals surface area contributed by atoms with Gasteiger partial charge in [-0.05, 0) is 31.4 Å². The maximum Gasteiger partial charge on any atom is 0.0663 e. The lowest BCUT2D eigenvalue weighted by Crippen LogP contribution is -2.17. The van der Waals surface area contributed by atoms with Crippen LogP contribution < -0.4 is 0 Å². The van der Waals surface area contributed by atoms with Gasteiger partial charge in [0.05, 0.1) is 5.05 Å². The zero-order valence-corrected chi connectivity index (χ0v) is 7.81. The number of hydrogen-bond donors (Lipinski definition) is 2. The molecule has 66 valence electrons. The van der Waals surface area contributed by atoms with Gasteiger partial charge in [0.25, 0.3) is 0 Å². The van der Waals surface area contributed by atoms with E-state index in [0.717, 1.165) is 36.2 Å². The summed E-state index contributed by atoms with van der Waals surface area (Å²) in [5.74, 6) is 1.87. The van der Waals surface area contributed by atoms with Crippen molar-refractivity contribution in [3.05, 3.63) is 0 Å². The van der Waals surface area contributed by atoms with Crippen LogP contribution in [0.1, 0.15) is 19.8 Å². The normalized spacial score (nSPS) is 22.9. The minimum Gasteiger partial charge on any atom is -0.381 e. The van der Waals surface area contributed by atoms with Gasteiger partial charge in [-0.2, -0.15) is 11.4 Å². The van der Waals surface area contributed by atoms with Crippen molar-refractivity contribution in [2.45, 2.75) is 19.8 Å². The Kier molecular flexibility index (Phi) is 4.12. The number of ether oxygens (including phenoxy) is 1. The summed E-state index contributed by atoms with van der Waals surface area (Å²) in [5.41, 5.74) is 0. The minimum absolute atomic E-state index is 0.538. The van der Waals surface area contributed by atoms with E-state index in [1.54, 1.807) is 6.92 Å². The first kappa shape index (κ1) is 9.23. The third-order valence-electron chi connectivity index (χ3n) is 1.92. The highest BCUT2D eigenvalue weighted by Crippen LogP contribution is 2.16. The summed E-state index contributed by atoms with van der Waals surface area (Å²) in [7, 11) is 0. The van der Waals surface area contributed by atoms with Crippen LogP contribution in [0.4, 0.5) is 0 Å². The number of rotatable bonds is 2. The zero-order chi connectivity index (χ0) is 8.10. The van der Waals surface area contributed by atoms with Crippen molar-refractivity contribution in [1.29, 1.82) is 0 Å². The molecular formula is C8H16O2S. The maximum absolute atomic E-state index is 8.96. The van der Waals surface area contributed by atoms with Crippen LogP contribution in [0, 0.1) is 5.92 Å². The Morgan fingerprint density at radius 2 is 2.18 bits per heavy atom. The summed E-state index contributed by atoms with van der Waals surface area (Å²) >= 11 is 1.10. The minimum atomic E-state index is 0.538. The van der Waals surface area contributed by atoms with Gasteiger partial charge in [0.1, 0.15) is 0 Å². The molecule has 1 N–H and O–H groups in total. The van der Waals surface area contributed by atoms with Crippen molar-refractivity contribution >= 4 is 16.4 Å². The Morgan fingerprint density at radius 1 is 1.55 bits per heavy atom. The molecule has 11 heavy (non-hydrogen) atoms. The lowest BCUT2D eigenvalue weighted by Gasteiger charge is -2.20. The predicted octanol–water partition coefficient (Wildman–Crippen LogP) is 1.59. The second-order valence-electron chi connectivity index (χ2n) is 2.94. The second-order valence-corrected chi connectivity index (χ2v) is 4.27. The van der Waals surface area contributed by atoms with E-state index in [0.29, 0.717) is 5.05 Å². The summed E-state index contributed by atoms with van der Waals surface area (Å²) in [6.07, 6.45) is 2.33. The van der Waals surface area contributed by atoms with E-state index in [1.807, 2.05) is 0 Å². The molecule has 2 nitrogen and oxygen atoms in total. The third kappa shape index (κ3) is 3.89. The predicted molar refractivity (Wildman–Crippen MR) is 50.7 cm³/mol. The number of hydrogen-bond acceptors (Lipinski definition) is 1. The average Bonchev–Trinajstić information content (AvgIpc) is 2.03.